The second kappa shape index (κ2) is 6.71. The SMILES string of the molecule is C=C1NC(=O)c2cc(NC(=O)c3cccc(OC)c3[N+](=O)[O-])ccc2C1=O. The molecule has 1 aliphatic rings. The van der Waals surface area contributed by atoms with Gasteiger partial charge in [-0.15, -0.1) is 0 Å². The van der Waals surface area contributed by atoms with Crippen LogP contribution in [0.2, 0.25) is 0 Å². The Bertz CT molecular complexity index is 1030. The number of ketones is 1. The molecule has 2 aromatic carbocycles. The van der Waals surface area contributed by atoms with Gasteiger partial charge in [0.1, 0.15) is 5.56 Å². The van der Waals surface area contributed by atoms with Crippen molar-refractivity contribution in [1.29, 1.82) is 0 Å². The van der Waals surface area contributed by atoms with Gasteiger partial charge in [0.2, 0.25) is 5.78 Å². The van der Waals surface area contributed by atoms with Crippen molar-refractivity contribution in [1.82, 2.24) is 5.32 Å². The Morgan fingerprint density at radius 2 is 1.96 bits per heavy atom. The maximum Gasteiger partial charge on any atom is 0.323 e. The molecule has 0 saturated heterocycles. The summed E-state index contributed by atoms with van der Waals surface area (Å²) in [7, 11) is 1.26. The van der Waals surface area contributed by atoms with Crippen molar-refractivity contribution in [2.75, 3.05) is 12.4 Å². The average molecular weight is 367 g/mol. The molecular formula is C18H13N3O6. The number of carbonyl (C=O) groups excluding carboxylic acids is 3. The first kappa shape index (κ1) is 17.8. The van der Waals surface area contributed by atoms with E-state index in [9.17, 15) is 24.5 Å². The number of nitrogens with zero attached hydrogens (tertiary/aromatic N) is 1. The van der Waals surface area contributed by atoms with Crippen LogP contribution in [-0.4, -0.2) is 29.6 Å². The Balaban J connectivity index is 1.96. The fourth-order valence-electron chi connectivity index (χ4n) is 2.69. The molecule has 0 atom stereocenters. The Hall–Kier alpha value is -4.01. The topological polar surface area (TPSA) is 128 Å². The lowest BCUT2D eigenvalue weighted by Gasteiger charge is -2.18. The van der Waals surface area contributed by atoms with Crippen LogP contribution in [-0.2, 0) is 0 Å². The summed E-state index contributed by atoms with van der Waals surface area (Å²) in [4.78, 5) is 47.2. The number of hydrogen-bond acceptors (Lipinski definition) is 6. The maximum absolute atomic E-state index is 12.5. The molecule has 27 heavy (non-hydrogen) atoms. The van der Waals surface area contributed by atoms with E-state index in [4.69, 9.17) is 4.74 Å². The van der Waals surface area contributed by atoms with Crippen molar-refractivity contribution in [2.45, 2.75) is 0 Å². The van der Waals surface area contributed by atoms with E-state index in [1.54, 1.807) is 0 Å². The molecule has 0 radical (unpaired) electrons. The van der Waals surface area contributed by atoms with Crippen LogP contribution in [0.3, 0.4) is 0 Å². The van der Waals surface area contributed by atoms with Crippen molar-refractivity contribution < 1.29 is 24.0 Å². The van der Waals surface area contributed by atoms with Gasteiger partial charge in [-0.3, -0.25) is 24.5 Å². The van der Waals surface area contributed by atoms with Gasteiger partial charge in [0.15, 0.2) is 5.75 Å². The minimum atomic E-state index is -0.757. The molecule has 0 saturated carbocycles. The number of carbonyl (C=O) groups is 3. The molecule has 1 aliphatic heterocycles. The molecule has 2 amide bonds. The summed E-state index contributed by atoms with van der Waals surface area (Å²) < 4.78 is 4.94. The Morgan fingerprint density at radius 1 is 1.22 bits per heavy atom. The normalized spacial score (nSPS) is 12.9. The largest absolute Gasteiger partial charge is 0.490 e. The molecule has 1 heterocycles. The van der Waals surface area contributed by atoms with Crippen LogP contribution in [0, 0.1) is 10.1 Å². The lowest BCUT2D eigenvalue weighted by molar-refractivity contribution is -0.386. The Kier molecular flexibility index (Phi) is 4.43. The summed E-state index contributed by atoms with van der Waals surface area (Å²) in [5, 5.41) is 16.1. The Morgan fingerprint density at radius 3 is 2.63 bits per heavy atom. The molecule has 3 rings (SSSR count). The number of allylic oxidation sites excluding steroid dienone is 1. The number of nitrogens with one attached hydrogen (secondary N) is 2. The summed E-state index contributed by atoms with van der Waals surface area (Å²) in [5.41, 5.74) is -0.271. The quantitative estimate of drug-likeness (QED) is 0.485. The molecular weight excluding hydrogens is 354 g/mol. The number of amides is 2. The van der Waals surface area contributed by atoms with Gasteiger partial charge < -0.3 is 15.4 Å². The number of nitro groups is 1. The summed E-state index contributed by atoms with van der Waals surface area (Å²) in [6.45, 7) is 3.47. The van der Waals surface area contributed by atoms with E-state index in [0.717, 1.165) is 0 Å². The standard InChI is InChI=1S/C18H13N3O6/c1-9-16(22)11-7-6-10(8-13(11)18(24)19-9)20-17(23)12-4-3-5-14(27-2)15(12)21(25)26/h3-8H,1H2,2H3,(H,19,24)(H,20,23). The third-order valence-electron chi connectivity index (χ3n) is 3.95. The van der Waals surface area contributed by atoms with Crippen LogP contribution in [0.4, 0.5) is 11.4 Å². The molecule has 2 N–H and O–H groups in total. The highest BCUT2D eigenvalue weighted by Gasteiger charge is 2.28. The zero-order chi connectivity index (χ0) is 19.7. The van der Waals surface area contributed by atoms with Gasteiger partial charge in [-0.1, -0.05) is 12.6 Å². The molecule has 9 nitrogen and oxygen atoms in total. The van der Waals surface area contributed by atoms with E-state index in [0.29, 0.717) is 0 Å². The summed E-state index contributed by atoms with van der Waals surface area (Å²) in [5.74, 6) is -1.77. The zero-order valence-corrected chi connectivity index (χ0v) is 14.1. The van der Waals surface area contributed by atoms with Gasteiger partial charge in [-0.05, 0) is 30.3 Å². The number of methoxy groups -OCH3 is 1. The van der Waals surface area contributed by atoms with E-state index >= 15 is 0 Å². The number of hydrogen-bond donors (Lipinski definition) is 2. The summed E-state index contributed by atoms with van der Waals surface area (Å²) in [6.07, 6.45) is 0. The van der Waals surface area contributed by atoms with Crippen LogP contribution in [0.25, 0.3) is 0 Å². The molecule has 0 aliphatic carbocycles. The fraction of sp³-hybridized carbons (Fsp3) is 0.0556. The van der Waals surface area contributed by atoms with E-state index in [1.165, 1.54) is 43.5 Å². The average Bonchev–Trinajstić information content (AvgIpc) is 2.65. The van der Waals surface area contributed by atoms with Crippen LogP contribution >= 0.6 is 0 Å². The second-order valence-corrected chi connectivity index (χ2v) is 5.59. The minimum absolute atomic E-state index is 0.0312. The number of Topliss-reactive ketones (excluding diaryl/α,β-unsaturated/α-hetero) is 1. The van der Waals surface area contributed by atoms with E-state index in [2.05, 4.69) is 17.2 Å². The van der Waals surface area contributed by atoms with Gasteiger partial charge in [0.25, 0.3) is 11.8 Å². The fourth-order valence-corrected chi connectivity index (χ4v) is 2.69. The number of nitro benzene ring substituents is 1. The van der Waals surface area contributed by atoms with Crippen molar-refractivity contribution in [3.05, 3.63) is 75.5 Å². The van der Waals surface area contributed by atoms with E-state index in [1.807, 2.05) is 0 Å². The smallest absolute Gasteiger partial charge is 0.323 e. The Labute approximate surface area is 152 Å². The van der Waals surface area contributed by atoms with E-state index < -0.39 is 28.2 Å². The summed E-state index contributed by atoms with van der Waals surface area (Å²) in [6, 6.07) is 8.24. The number of ether oxygens (including phenoxy) is 1. The minimum Gasteiger partial charge on any atom is -0.490 e. The first-order valence-corrected chi connectivity index (χ1v) is 7.65. The first-order valence-electron chi connectivity index (χ1n) is 7.65. The second-order valence-electron chi connectivity index (χ2n) is 5.59. The molecule has 0 unspecified atom stereocenters. The molecule has 9 heteroatoms. The van der Waals surface area contributed by atoms with Gasteiger partial charge in [0.05, 0.1) is 23.3 Å². The number of fused-ring (bicyclic) bond motifs is 1. The highest BCUT2D eigenvalue weighted by Crippen LogP contribution is 2.31. The first-order chi connectivity index (χ1) is 12.8. The third-order valence-corrected chi connectivity index (χ3v) is 3.95. The monoisotopic (exact) mass is 367 g/mol. The highest BCUT2D eigenvalue weighted by molar-refractivity contribution is 6.21. The highest BCUT2D eigenvalue weighted by atomic mass is 16.6. The molecule has 0 spiro atoms. The van der Waals surface area contributed by atoms with Gasteiger partial charge in [-0.25, -0.2) is 0 Å². The lowest BCUT2D eigenvalue weighted by Crippen LogP contribution is -2.34. The lowest BCUT2D eigenvalue weighted by atomic mass is 9.97. The van der Waals surface area contributed by atoms with Crippen LogP contribution < -0.4 is 15.4 Å². The molecule has 0 bridgehead atoms. The zero-order valence-electron chi connectivity index (χ0n) is 14.1. The van der Waals surface area contributed by atoms with E-state index in [-0.39, 0.29) is 33.8 Å². The van der Waals surface area contributed by atoms with Crippen molar-refractivity contribution in [3.8, 4) is 5.75 Å². The molecule has 0 fully saturated rings. The molecule has 2 aromatic rings. The number of rotatable bonds is 4. The maximum atomic E-state index is 12.5. The summed E-state index contributed by atoms with van der Waals surface area (Å²) >= 11 is 0. The van der Waals surface area contributed by atoms with Crippen molar-refractivity contribution in [3.63, 3.8) is 0 Å². The third kappa shape index (κ3) is 3.13. The molecule has 136 valence electrons. The van der Waals surface area contributed by atoms with Gasteiger partial charge >= 0.3 is 5.69 Å². The van der Waals surface area contributed by atoms with Gasteiger partial charge in [-0.2, -0.15) is 0 Å². The number of para-hydroxylation sites is 1. The van der Waals surface area contributed by atoms with Crippen molar-refractivity contribution >= 4 is 29.0 Å². The van der Waals surface area contributed by atoms with Crippen LogP contribution in [0.1, 0.15) is 31.1 Å². The predicted molar refractivity (Wildman–Crippen MR) is 95.0 cm³/mol. The number of benzene rings is 2. The number of anilines is 1. The predicted octanol–water partition coefficient (Wildman–Crippen LogP) is 2.30. The van der Waals surface area contributed by atoms with Gasteiger partial charge in [0, 0.05) is 11.3 Å². The van der Waals surface area contributed by atoms with Crippen LogP contribution in [0.15, 0.2) is 48.7 Å². The molecule has 0 aromatic heterocycles. The van der Waals surface area contributed by atoms with Crippen LogP contribution in [0.5, 0.6) is 5.75 Å². The van der Waals surface area contributed by atoms with Crippen molar-refractivity contribution in [2.24, 2.45) is 0 Å².